The van der Waals surface area contributed by atoms with Gasteiger partial charge in [0.2, 0.25) is 5.91 Å². The number of carbonyl (C=O) groups excluding carboxylic acids is 3. The fourth-order valence-electron chi connectivity index (χ4n) is 2.41. The minimum atomic E-state index is -0.808. The van der Waals surface area contributed by atoms with E-state index in [4.69, 9.17) is 4.74 Å². The van der Waals surface area contributed by atoms with Crippen molar-refractivity contribution in [3.05, 3.63) is 41.7 Å². The highest BCUT2D eigenvalue weighted by Gasteiger charge is 2.25. The molecular formula is C18H23N3O4S. The molecule has 7 nitrogen and oxygen atoms in total. The van der Waals surface area contributed by atoms with Crippen LogP contribution in [0, 0.1) is 0 Å². The highest BCUT2D eigenvalue weighted by Crippen LogP contribution is 2.09. The fourth-order valence-corrected chi connectivity index (χ4v) is 2.56. The number of cyclic esters (lactones) is 1. The van der Waals surface area contributed by atoms with Crippen molar-refractivity contribution >= 4 is 30.4 Å². The summed E-state index contributed by atoms with van der Waals surface area (Å²) in [4.78, 5) is 41.2. The Morgan fingerprint density at radius 2 is 2.15 bits per heavy atom. The highest BCUT2D eigenvalue weighted by molar-refractivity contribution is 7.80. The summed E-state index contributed by atoms with van der Waals surface area (Å²) in [5.41, 5.74) is 0.750. The van der Waals surface area contributed by atoms with Crippen molar-refractivity contribution in [2.45, 2.75) is 44.9 Å². The molecule has 2 N–H and O–H groups in total. The summed E-state index contributed by atoms with van der Waals surface area (Å²) >= 11 is 4.13. The number of aromatic nitrogens is 1. The predicted molar refractivity (Wildman–Crippen MR) is 99.7 cm³/mol. The Bertz CT molecular complexity index is 693. The van der Waals surface area contributed by atoms with Crippen molar-refractivity contribution in [3.8, 4) is 0 Å². The van der Waals surface area contributed by atoms with Gasteiger partial charge in [0.1, 0.15) is 17.8 Å². The number of pyridine rings is 1. The number of nitrogens with zero attached hydrogens (tertiary/aromatic N) is 1. The van der Waals surface area contributed by atoms with E-state index in [-0.39, 0.29) is 24.6 Å². The van der Waals surface area contributed by atoms with Crippen LogP contribution in [0.5, 0.6) is 0 Å². The molecule has 1 aromatic rings. The highest BCUT2D eigenvalue weighted by atomic mass is 32.1. The smallest absolute Gasteiger partial charge is 0.329 e. The molecule has 2 bridgehead atoms. The SMILES string of the molecule is CC[C@@H]1NC(=O)c2cccc(n2)CNC(=O)C[C@@H](/C=C/CCS)OC1=O. The maximum Gasteiger partial charge on any atom is 0.329 e. The second kappa shape index (κ2) is 9.96. The number of rotatable bonds is 4. The molecule has 2 amide bonds. The number of ether oxygens (including phenoxy) is 1. The van der Waals surface area contributed by atoms with Crippen molar-refractivity contribution in [2.24, 2.45) is 0 Å². The van der Waals surface area contributed by atoms with Gasteiger partial charge in [-0.05, 0) is 36.8 Å². The Balaban J connectivity index is 2.26. The quantitative estimate of drug-likeness (QED) is 0.419. The number of carbonyl (C=O) groups is 3. The number of hydrogen-bond donors (Lipinski definition) is 3. The summed E-state index contributed by atoms with van der Waals surface area (Å²) in [7, 11) is 0. The summed E-state index contributed by atoms with van der Waals surface area (Å²) in [6.45, 7) is 1.96. The van der Waals surface area contributed by atoms with Crippen LogP contribution in [0.4, 0.5) is 0 Å². The molecule has 0 unspecified atom stereocenters. The number of amides is 2. The number of thiol groups is 1. The largest absolute Gasteiger partial charge is 0.456 e. The average molecular weight is 377 g/mol. The van der Waals surface area contributed by atoms with E-state index in [2.05, 4.69) is 28.2 Å². The molecule has 0 saturated heterocycles. The van der Waals surface area contributed by atoms with Gasteiger partial charge in [0, 0.05) is 0 Å². The summed E-state index contributed by atoms with van der Waals surface area (Å²) in [5.74, 6) is -0.650. The van der Waals surface area contributed by atoms with Crippen LogP contribution in [0.1, 0.15) is 42.4 Å². The van der Waals surface area contributed by atoms with E-state index in [1.165, 1.54) is 0 Å². The normalized spacial score (nSPS) is 21.8. The Kier molecular flexibility index (Phi) is 7.65. The Morgan fingerprint density at radius 3 is 2.88 bits per heavy atom. The van der Waals surface area contributed by atoms with E-state index in [1.807, 2.05) is 6.08 Å². The molecule has 140 valence electrons. The van der Waals surface area contributed by atoms with Gasteiger partial charge in [-0.1, -0.05) is 19.1 Å². The lowest BCUT2D eigenvalue weighted by atomic mass is 10.2. The van der Waals surface area contributed by atoms with Crippen molar-refractivity contribution in [1.82, 2.24) is 15.6 Å². The molecule has 1 aliphatic rings. The minimum absolute atomic E-state index is 0.00111. The van der Waals surface area contributed by atoms with E-state index in [9.17, 15) is 14.4 Å². The van der Waals surface area contributed by atoms with E-state index in [1.54, 1.807) is 31.2 Å². The van der Waals surface area contributed by atoms with Crippen LogP contribution in [0.2, 0.25) is 0 Å². The number of hydrogen-bond acceptors (Lipinski definition) is 6. The first-order valence-corrected chi connectivity index (χ1v) is 9.18. The summed E-state index contributed by atoms with van der Waals surface area (Å²) in [6, 6.07) is 4.16. The molecule has 0 saturated carbocycles. The second-order valence-corrected chi connectivity index (χ2v) is 6.29. The third kappa shape index (κ3) is 5.87. The third-order valence-electron chi connectivity index (χ3n) is 3.80. The zero-order chi connectivity index (χ0) is 18.9. The van der Waals surface area contributed by atoms with Gasteiger partial charge in [0.05, 0.1) is 18.7 Å². The first-order chi connectivity index (χ1) is 12.5. The number of nitrogens with one attached hydrogen (secondary N) is 2. The van der Waals surface area contributed by atoms with Crippen LogP contribution in [-0.4, -0.2) is 40.7 Å². The maximum absolute atomic E-state index is 12.4. The monoisotopic (exact) mass is 377 g/mol. The van der Waals surface area contributed by atoms with Gasteiger partial charge >= 0.3 is 5.97 Å². The molecule has 0 aromatic carbocycles. The van der Waals surface area contributed by atoms with Crippen LogP contribution in [-0.2, 0) is 20.9 Å². The average Bonchev–Trinajstić information content (AvgIpc) is 2.64. The third-order valence-corrected chi connectivity index (χ3v) is 4.06. The van der Waals surface area contributed by atoms with Crippen molar-refractivity contribution < 1.29 is 19.1 Å². The van der Waals surface area contributed by atoms with Gasteiger partial charge in [-0.15, -0.1) is 0 Å². The molecule has 0 fully saturated rings. The zero-order valence-corrected chi connectivity index (χ0v) is 15.5. The number of esters is 1. The lowest BCUT2D eigenvalue weighted by Crippen LogP contribution is -2.43. The first kappa shape index (κ1) is 20.0. The molecule has 1 aromatic heterocycles. The second-order valence-electron chi connectivity index (χ2n) is 5.85. The van der Waals surface area contributed by atoms with Gasteiger partial charge in [-0.3, -0.25) is 9.59 Å². The van der Waals surface area contributed by atoms with Gasteiger partial charge < -0.3 is 15.4 Å². The number of fused-ring (bicyclic) bond motifs is 2. The molecule has 0 aliphatic carbocycles. The van der Waals surface area contributed by atoms with Crippen LogP contribution in [0.25, 0.3) is 0 Å². The molecule has 1 aliphatic heterocycles. The lowest BCUT2D eigenvalue weighted by molar-refractivity contribution is -0.150. The molecule has 26 heavy (non-hydrogen) atoms. The molecule has 2 rings (SSSR count). The summed E-state index contributed by atoms with van der Waals surface area (Å²) in [6.07, 6.45) is 3.86. The van der Waals surface area contributed by atoms with Crippen molar-refractivity contribution in [3.63, 3.8) is 0 Å². The molecule has 0 radical (unpaired) electrons. The zero-order valence-electron chi connectivity index (χ0n) is 14.6. The minimum Gasteiger partial charge on any atom is -0.456 e. The lowest BCUT2D eigenvalue weighted by Gasteiger charge is -2.19. The maximum atomic E-state index is 12.4. The first-order valence-electron chi connectivity index (χ1n) is 8.55. The van der Waals surface area contributed by atoms with Gasteiger partial charge in [-0.2, -0.15) is 12.6 Å². The Morgan fingerprint density at radius 1 is 1.35 bits per heavy atom. The Labute approximate surface area is 158 Å². The summed E-state index contributed by atoms with van der Waals surface area (Å²) in [5, 5.41) is 5.38. The van der Waals surface area contributed by atoms with Gasteiger partial charge in [0.15, 0.2) is 0 Å². The fraction of sp³-hybridized carbons (Fsp3) is 0.444. The topological polar surface area (TPSA) is 97.4 Å². The van der Waals surface area contributed by atoms with E-state index >= 15 is 0 Å². The molecule has 2 heterocycles. The molecule has 0 spiro atoms. The Hall–Kier alpha value is -2.35. The predicted octanol–water partition coefficient (Wildman–Crippen LogP) is 1.40. The molecule has 8 heteroatoms. The van der Waals surface area contributed by atoms with Crippen molar-refractivity contribution in [2.75, 3.05) is 5.75 Å². The van der Waals surface area contributed by atoms with Crippen LogP contribution < -0.4 is 10.6 Å². The van der Waals surface area contributed by atoms with Crippen molar-refractivity contribution in [1.29, 1.82) is 0 Å². The summed E-state index contributed by atoms with van der Waals surface area (Å²) < 4.78 is 5.45. The molecule has 2 atom stereocenters. The van der Waals surface area contributed by atoms with E-state index < -0.39 is 24.0 Å². The van der Waals surface area contributed by atoms with E-state index in [0.717, 1.165) is 0 Å². The van der Waals surface area contributed by atoms with Gasteiger partial charge in [-0.25, -0.2) is 9.78 Å². The van der Waals surface area contributed by atoms with Crippen LogP contribution in [0.15, 0.2) is 30.4 Å². The molecular weight excluding hydrogens is 354 g/mol. The van der Waals surface area contributed by atoms with Crippen LogP contribution in [0.3, 0.4) is 0 Å². The van der Waals surface area contributed by atoms with Crippen LogP contribution >= 0.6 is 12.6 Å². The number of allylic oxidation sites excluding steroid dienone is 1. The van der Waals surface area contributed by atoms with E-state index in [0.29, 0.717) is 24.3 Å². The van der Waals surface area contributed by atoms with Gasteiger partial charge in [0.25, 0.3) is 5.91 Å². The standard InChI is InChI=1S/C18H23N3O4S/c1-2-14-18(24)25-13(7-3-4-9-26)10-16(22)19-11-12-6-5-8-15(20-12)17(23)21-14/h3,5-8,13-14,26H,2,4,9-11H2,1H3,(H,19,22)(H,21,23)/b7-3+/t13-,14+/m1/s1.